The van der Waals surface area contributed by atoms with Crippen LogP contribution in [0.4, 0.5) is 0 Å². The molecule has 0 aromatic heterocycles. The summed E-state index contributed by atoms with van der Waals surface area (Å²) in [7, 11) is 0. The fourth-order valence-corrected chi connectivity index (χ4v) is 15.5. The Morgan fingerprint density at radius 2 is 1.43 bits per heavy atom. The summed E-state index contributed by atoms with van der Waals surface area (Å²) in [6, 6.07) is 0. The molecule has 0 bridgehead atoms. The molecule has 3 aliphatic heterocycles. The minimum Gasteiger partial charge on any atom is -0.455 e. The van der Waals surface area contributed by atoms with E-state index < -0.39 is 109 Å². The van der Waals surface area contributed by atoms with Gasteiger partial charge in [0.05, 0.1) is 48.8 Å². The van der Waals surface area contributed by atoms with Gasteiger partial charge >= 0.3 is 11.9 Å². The highest BCUT2D eigenvalue weighted by Gasteiger charge is 2.85. The zero-order chi connectivity index (χ0) is 44.6. The van der Waals surface area contributed by atoms with Crippen LogP contribution < -0.4 is 0 Å². The summed E-state index contributed by atoms with van der Waals surface area (Å²) in [6.07, 6.45) is -7.80. The van der Waals surface area contributed by atoms with Gasteiger partial charge in [0.25, 0.3) is 0 Å². The quantitative estimate of drug-likeness (QED) is 0.129. The number of aliphatic hydroxyl groups is 7. The molecule has 0 radical (unpaired) electrons. The summed E-state index contributed by atoms with van der Waals surface area (Å²) in [4.78, 5) is 24.5. The maximum atomic E-state index is 12.4. The number of carbonyl (C=O) groups is 2. The van der Waals surface area contributed by atoms with Crippen LogP contribution >= 0.6 is 0 Å². The van der Waals surface area contributed by atoms with E-state index in [1.165, 1.54) is 13.8 Å². The highest BCUT2D eigenvalue weighted by atomic mass is 16.7. The molecule has 16 nitrogen and oxygen atoms in total. The molecule has 16 heteroatoms. The maximum Gasteiger partial charge on any atom is 0.303 e. The standard InChI is InChI=1S/C45H72O16/c1-21(47)56-33-24(50)19-55-38(34(33)57-22(2)48)60-28-11-13-45-20-44(45)15-14-41(7)35(43(9)12-10-29(61-43)40(5,6)54)23(49)17-42(41,8)27(44)16-25(36(45)39(28,3)4)58-37-32(53)31(52)30(51)26(18-46)59-37/h23-38,46,49-54H,10-20H2,1-9H3/t23-,24+,25-,26+,27-,28-,29-,30+,31-,32+,33-,34+,35-,36+,37+,38-,41+,42-,43+,44-,45+/m0/s1. The van der Waals surface area contributed by atoms with E-state index in [-0.39, 0.29) is 52.1 Å². The summed E-state index contributed by atoms with van der Waals surface area (Å²) in [5.74, 6) is -1.67. The van der Waals surface area contributed by atoms with Crippen molar-refractivity contribution in [1.82, 2.24) is 0 Å². The van der Waals surface area contributed by atoms with Crippen LogP contribution in [-0.2, 0) is 42.7 Å². The number of rotatable bonds is 9. The van der Waals surface area contributed by atoms with Crippen LogP contribution in [0.3, 0.4) is 0 Å². The third-order valence-corrected chi connectivity index (χ3v) is 18.2. The van der Waals surface area contributed by atoms with Crippen molar-refractivity contribution in [2.45, 2.75) is 211 Å². The first-order chi connectivity index (χ1) is 28.3. The normalized spacial score (nSPS) is 53.8. The van der Waals surface area contributed by atoms with Crippen LogP contribution in [0.15, 0.2) is 0 Å². The second-order valence-corrected chi connectivity index (χ2v) is 22.2. The zero-order valence-electron chi connectivity index (χ0n) is 37.3. The third-order valence-electron chi connectivity index (χ3n) is 18.2. The summed E-state index contributed by atoms with van der Waals surface area (Å²) < 4.78 is 43.6. The zero-order valence-corrected chi connectivity index (χ0v) is 37.3. The molecule has 5 saturated carbocycles. The van der Waals surface area contributed by atoms with E-state index in [1.54, 1.807) is 13.8 Å². The van der Waals surface area contributed by atoms with Crippen molar-refractivity contribution >= 4 is 11.9 Å². The highest BCUT2D eigenvalue weighted by molar-refractivity contribution is 5.67. The molecule has 0 amide bonds. The Morgan fingerprint density at radius 3 is 2.05 bits per heavy atom. The minimum absolute atomic E-state index is 0.0638. The molecule has 8 rings (SSSR count). The Labute approximate surface area is 358 Å². The molecule has 0 aromatic rings. The monoisotopic (exact) mass is 868 g/mol. The lowest BCUT2D eigenvalue weighted by atomic mass is 9.41. The first-order valence-corrected chi connectivity index (χ1v) is 22.6. The molecule has 8 fully saturated rings. The number of esters is 2. The lowest BCUT2D eigenvalue weighted by Crippen LogP contribution is -2.65. The Bertz CT molecular complexity index is 1680. The highest BCUT2D eigenvalue weighted by Crippen LogP contribution is 2.89. The number of ether oxygens (including phenoxy) is 7. The minimum atomic E-state index is -1.63. The van der Waals surface area contributed by atoms with Gasteiger partial charge in [-0.05, 0) is 117 Å². The molecule has 7 N–H and O–H groups in total. The van der Waals surface area contributed by atoms with Crippen LogP contribution in [0.1, 0.15) is 120 Å². The van der Waals surface area contributed by atoms with E-state index >= 15 is 0 Å². The Kier molecular flexibility index (Phi) is 11.5. The molecule has 5 aliphatic carbocycles. The smallest absolute Gasteiger partial charge is 0.303 e. The molecule has 8 aliphatic rings. The van der Waals surface area contributed by atoms with Crippen molar-refractivity contribution in [2.75, 3.05) is 13.2 Å². The van der Waals surface area contributed by atoms with E-state index in [2.05, 4.69) is 34.6 Å². The van der Waals surface area contributed by atoms with E-state index in [0.717, 1.165) is 32.1 Å². The van der Waals surface area contributed by atoms with Crippen molar-refractivity contribution in [1.29, 1.82) is 0 Å². The number of hydrogen-bond donors (Lipinski definition) is 7. The lowest BCUT2D eigenvalue weighted by Gasteiger charge is -2.65. The van der Waals surface area contributed by atoms with Gasteiger partial charge in [-0.3, -0.25) is 9.59 Å². The van der Waals surface area contributed by atoms with E-state index in [4.69, 9.17) is 33.2 Å². The largest absolute Gasteiger partial charge is 0.455 e. The topological polar surface area (TPSA) is 240 Å². The Hall–Kier alpha value is -1.54. The fraction of sp³-hybridized carbons (Fsp3) is 0.956. The van der Waals surface area contributed by atoms with E-state index in [0.29, 0.717) is 25.7 Å². The predicted octanol–water partition coefficient (Wildman–Crippen LogP) is 1.87. The number of aliphatic hydroxyl groups excluding tert-OH is 6. The maximum absolute atomic E-state index is 12.4. The molecule has 348 valence electrons. The summed E-state index contributed by atoms with van der Waals surface area (Å²) >= 11 is 0. The van der Waals surface area contributed by atoms with E-state index in [9.17, 15) is 45.3 Å². The van der Waals surface area contributed by atoms with Crippen molar-refractivity contribution in [3.05, 3.63) is 0 Å². The van der Waals surface area contributed by atoms with Gasteiger partial charge in [-0.2, -0.15) is 0 Å². The van der Waals surface area contributed by atoms with Crippen LogP contribution in [0.2, 0.25) is 0 Å². The number of hydrogen-bond acceptors (Lipinski definition) is 16. The average molecular weight is 869 g/mol. The van der Waals surface area contributed by atoms with Gasteiger partial charge < -0.3 is 68.9 Å². The van der Waals surface area contributed by atoms with Crippen molar-refractivity contribution < 1.29 is 78.5 Å². The van der Waals surface area contributed by atoms with Crippen LogP contribution in [0.25, 0.3) is 0 Å². The molecule has 2 spiro atoms. The number of fused-ring (bicyclic) bond motifs is 2. The molecule has 61 heavy (non-hydrogen) atoms. The number of carbonyl (C=O) groups excluding carboxylic acids is 2. The van der Waals surface area contributed by atoms with E-state index in [1.807, 2.05) is 0 Å². The van der Waals surface area contributed by atoms with Gasteiger partial charge in [0.1, 0.15) is 30.5 Å². The second kappa shape index (κ2) is 15.3. The van der Waals surface area contributed by atoms with Crippen molar-refractivity contribution in [3.63, 3.8) is 0 Å². The van der Waals surface area contributed by atoms with Crippen molar-refractivity contribution in [3.8, 4) is 0 Å². The molecule has 21 atom stereocenters. The molecular formula is C45H72O16. The second-order valence-electron chi connectivity index (χ2n) is 22.2. The van der Waals surface area contributed by atoms with Crippen LogP contribution in [0, 0.1) is 44.8 Å². The lowest BCUT2D eigenvalue weighted by molar-refractivity contribution is -0.339. The van der Waals surface area contributed by atoms with Gasteiger partial charge in [0.15, 0.2) is 24.8 Å². The molecule has 3 saturated heterocycles. The van der Waals surface area contributed by atoms with Gasteiger partial charge in [0, 0.05) is 19.8 Å². The summed E-state index contributed by atoms with van der Waals surface area (Å²) in [5.41, 5.74) is -3.46. The first-order valence-electron chi connectivity index (χ1n) is 22.6. The summed E-state index contributed by atoms with van der Waals surface area (Å²) in [5, 5.41) is 77.1. The fourth-order valence-electron chi connectivity index (χ4n) is 15.5. The van der Waals surface area contributed by atoms with Gasteiger partial charge in [-0.25, -0.2) is 0 Å². The Morgan fingerprint density at radius 1 is 0.754 bits per heavy atom. The van der Waals surface area contributed by atoms with Crippen LogP contribution in [0.5, 0.6) is 0 Å². The first kappa shape index (κ1) is 46.0. The average Bonchev–Trinajstić information content (AvgIpc) is 3.52. The van der Waals surface area contributed by atoms with Gasteiger partial charge in [-0.15, -0.1) is 0 Å². The van der Waals surface area contributed by atoms with Gasteiger partial charge in [-0.1, -0.05) is 27.7 Å². The predicted molar refractivity (Wildman–Crippen MR) is 213 cm³/mol. The summed E-state index contributed by atoms with van der Waals surface area (Å²) in [6.45, 7) is 16.1. The third kappa shape index (κ3) is 6.89. The van der Waals surface area contributed by atoms with Crippen LogP contribution in [-0.4, -0.2) is 152 Å². The molecular weight excluding hydrogens is 796 g/mol. The van der Waals surface area contributed by atoms with Gasteiger partial charge in [0.2, 0.25) is 0 Å². The Balaban J connectivity index is 1.15. The van der Waals surface area contributed by atoms with Crippen molar-refractivity contribution in [2.24, 2.45) is 44.8 Å². The molecule has 0 aromatic carbocycles. The molecule has 3 heterocycles. The SMILES string of the molecule is CC(=O)O[C@@H]1[C@@H](OC(C)=O)[C@H](O[C@H]2CC[C@]34C[C@]35CC[C@]3(C)[C@@H]([C@@]6(C)CC[C@@H](C(C)(C)O)O6)[C@@H](O)C[C@@]3(C)[C@@H]5C[C@H](O[C@@H]3O[C@H](CO)[C@@H](O)[C@H](O)[C@H]3O)[C@@H]4C2(C)C)OC[C@H]1O. The molecule has 0 unspecified atom stereocenters.